The van der Waals surface area contributed by atoms with E-state index in [9.17, 15) is 14.7 Å². The van der Waals surface area contributed by atoms with E-state index in [1.165, 1.54) is 12.0 Å². The molecule has 0 aliphatic heterocycles. The second kappa shape index (κ2) is 10.6. The molecule has 1 amide bonds. The van der Waals surface area contributed by atoms with Crippen molar-refractivity contribution in [1.29, 1.82) is 0 Å². The SMILES string of the molecule is COC(=O)[C@@](C)(c1ccccc1)N(C(=O)OCc1ccccc1)[C@@H](CO)c1ccccc1. The van der Waals surface area contributed by atoms with Gasteiger partial charge in [0.1, 0.15) is 6.61 Å². The maximum Gasteiger partial charge on any atom is 0.411 e. The van der Waals surface area contributed by atoms with Gasteiger partial charge in [0.15, 0.2) is 5.54 Å². The second-order valence-corrected chi connectivity index (χ2v) is 7.45. The fraction of sp³-hybridized carbons (Fsp3) is 0.231. The Hall–Kier alpha value is -3.64. The molecule has 6 heteroatoms. The van der Waals surface area contributed by atoms with E-state index in [4.69, 9.17) is 9.47 Å². The van der Waals surface area contributed by atoms with Gasteiger partial charge in [-0.05, 0) is 23.6 Å². The molecule has 0 aliphatic carbocycles. The van der Waals surface area contributed by atoms with Crippen molar-refractivity contribution in [3.05, 3.63) is 108 Å². The highest BCUT2D eigenvalue weighted by molar-refractivity contribution is 5.87. The fourth-order valence-corrected chi connectivity index (χ4v) is 3.74. The van der Waals surface area contributed by atoms with Crippen LogP contribution in [0.5, 0.6) is 0 Å². The Balaban J connectivity index is 2.09. The molecule has 0 unspecified atom stereocenters. The largest absolute Gasteiger partial charge is 0.467 e. The fourth-order valence-electron chi connectivity index (χ4n) is 3.74. The standard InChI is InChI=1S/C26H27NO5/c1-26(24(29)31-2,22-16-10-5-11-17-22)27(23(18-28)21-14-8-4-9-15-21)25(30)32-19-20-12-6-3-7-13-20/h3-17,23,28H,18-19H2,1-2H3/t23-,26+/m0/s1. The molecule has 166 valence electrons. The van der Waals surface area contributed by atoms with E-state index in [0.717, 1.165) is 5.56 Å². The molecule has 0 spiro atoms. The molecule has 1 N–H and O–H groups in total. The number of hydrogen-bond acceptors (Lipinski definition) is 5. The first kappa shape index (κ1) is 23.0. The van der Waals surface area contributed by atoms with Gasteiger partial charge in [0.05, 0.1) is 19.8 Å². The quantitative estimate of drug-likeness (QED) is 0.531. The first-order valence-corrected chi connectivity index (χ1v) is 10.3. The lowest BCUT2D eigenvalue weighted by molar-refractivity contribution is -0.156. The topological polar surface area (TPSA) is 76.1 Å². The van der Waals surface area contributed by atoms with Gasteiger partial charge in [0, 0.05) is 0 Å². The maximum absolute atomic E-state index is 13.5. The number of amides is 1. The van der Waals surface area contributed by atoms with Crippen LogP contribution < -0.4 is 0 Å². The highest BCUT2D eigenvalue weighted by atomic mass is 16.6. The van der Waals surface area contributed by atoms with E-state index in [1.54, 1.807) is 43.3 Å². The van der Waals surface area contributed by atoms with Gasteiger partial charge in [-0.25, -0.2) is 9.59 Å². The van der Waals surface area contributed by atoms with Gasteiger partial charge >= 0.3 is 12.1 Å². The van der Waals surface area contributed by atoms with E-state index >= 15 is 0 Å². The van der Waals surface area contributed by atoms with Crippen LogP contribution >= 0.6 is 0 Å². The summed E-state index contributed by atoms with van der Waals surface area (Å²) in [7, 11) is 1.27. The predicted molar refractivity (Wildman–Crippen MR) is 121 cm³/mol. The molecule has 0 radical (unpaired) electrons. The minimum Gasteiger partial charge on any atom is -0.467 e. The summed E-state index contributed by atoms with van der Waals surface area (Å²) < 4.78 is 10.7. The van der Waals surface area contributed by atoms with Crippen LogP contribution in [0, 0.1) is 0 Å². The van der Waals surface area contributed by atoms with Crippen LogP contribution in [-0.2, 0) is 26.4 Å². The predicted octanol–water partition coefficient (Wildman–Crippen LogP) is 4.45. The van der Waals surface area contributed by atoms with Crippen LogP contribution in [0.4, 0.5) is 4.79 Å². The molecule has 0 aliphatic rings. The van der Waals surface area contributed by atoms with Crippen molar-refractivity contribution in [1.82, 2.24) is 4.90 Å². The molecule has 0 bridgehead atoms. The Morgan fingerprint density at radius 3 is 1.97 bits per heavy atom. The zero-order chi connectivity index (χ0) is 23.0. The number of rotatable bonds is 8. The lowest BCUT2D eigenvalue weighted by Crippen LogP contribution is -2.55. The summed E-state index contributed by atoms with van der Waals surface area (Å²) in [6, 6.07) is 26.3. The molecule has 3 aromatic carbocycles. The number of aliphatic hydroxyl groups is 1. The summed E-state index contributed by atoms with van der Waals surface area (Å²) in [6.07, 6.45) is -0.742. The van der Waals surface area contributed by atoms with Gasteiger partial charge in [-0.1, -0.05) is 91.0 Å². The molecule has 0 heterocycles. The molecule has 0 saturated carbocycles. The van der Waals surface area contributed by atoms with Crippen LogP contribution in [-0.4, -0.2) is 35.8 Å². The number of hydrogen-bond donors (Lipinski definition) is 1. The lowest BCUT2D eigenvalue weighted by atomic mass is 9.87. The number of nitrogens with zero attached hydrogens (tertiary/aromatic N) is 1. The first-order valence-electron chi connectivity index (χ1n) is 10.3. The van der Waals surface area contributed by atoms with Crippen molar-refractivity contribution < 1.29 is 24.2 Å². The second-order valence-electron chi connectivity index (χ2n) is 7.45. The van der Waals surface area contributed by atoms with E-state index in [2.05, 4.69) is 0 Å². The lowest BCUT2D eigenvalue weighted by Gasteiger charge is -2.42. The molecule has 2 atom stereocenters. The van der Waals surface area contributed by atoms with Crippen molar-refractivity contribution in [2.24, 2.45) is 0 Å². The smallest absolute Gasteiger partial charge is 0.411 e. The molecule has 3 aromatic rings. The molecule has 0 aromatic heterocycles. The minimum atomic E-state index is -1.55. The molecule has 32 heavy (non-hydrogen) atoms. The Morgan fingerprint density at radius 1 is 0.906 bits per heavy atom. The maximum atomic E-state index is 13.5. The van der Waals surface area contributed by atoms with E-state index in [-0.39, 0.29) is 6.61 Å². The van der Waals surface area contributed by atoms with Crippen LogP contribution in [0.2, 0.25) is 0 Å². The highest BCUT2D eigenvalue weighted by Crippen LogP contribution is 2.37. The zero-order valence-corrected chi connectivity index (χ0v) is 18.2. The molecule has 0 saturated heterocycles. The van der Waals surface area contributed by atoms with Crippen molar-refractivity contribution in [2.75, 3.05) is 13.7 Å². The number of benzene rings is 3. The molecular weight excluding hydrogens is 406 g/mol. The average molecular weight is 434 g/mol. The third-order valence-electron chi connectivity index (χ3n) is 5.47. The molecular formula is C26H27NO5. The monoisotopic (exact) mass is 433 g/mol. The number of esters is 1. The van der Waals surface area contributed by atoms with Crippen molar-refractivity contribution >= 4 is 12.1 Å². The number of carbonyl (C=O) groups is 2. The Bertz CT molecular complexity index is 1010. The summed E-state index contributed by atoms with van der Waals surface area (Å²) in [5, 5.41) is 10.3. The van der Waals surface area contributed by atoms with Crippen LogP contribution in [0.25, 0.3) is 0 Å². The number of aliphatic hydroxyl groups excluding tert-OH is 1. The van der Waals surface area contributed by atoms with Gasteiger partial charge in [-0.2, -0.15) is 0 Å². The zero-order valence-electron chi connectivity index (χ0n) is 18.2. The summed E-state index contributed by atoms with van der Waals surface area (Å²) >= 11 is 0. The third-order valence-corrected chi connectivity index (χ3v) is 5.47. The summed E-state index contributed by atoms with van der Waals surface area (Å²) in [5.74, 6) is -0.644. The van der Waals surface area contributed by atoms with Gasteiger partial charge < -0.3 is 14.6 Å². The molecule has 3 rings (SSSR count). The van der Waals surface area contributed by atoms with Crippen molar-refractivity contribution in [2.45, 2.75) is 25.1 Å². The van der Waals surface area contributed by atoms with E-state index in [0.29, 0.717) is 11.1 Å². The third kappa shape index (κ3) is 4.81. The summed E-state index contributed by atoms with van der Waals surface area (Å²) in [4.78, 5) is 27.9. The van der Waals surface area contributed by atoms with E-state index in [1.807, 2.05) is 54.6 Å². The van der Waals surface area contributed by atoms with Gasteiger partial charge in [0.2, 0.25) is 0 Å². The van der Waals surface area contributed by atoms with Gasteiger partial charge in [-0.15, -0.1) is 0 Å². The Morgan fingerprint density at radius 2 is 1.44 bits per heavy atom. The van der Waals surface area contributed by atoms with Crippen LogP contribution in [0.1, 0.15) is 29.7 Å². The van der Waals surface area contributed by atoms with Gasteiger partial charge in [-0.3, -0.25) is 4.90 Å². The first-order chi connectivity index (χ1) is 15.5. The van der Waals surface area contributed by atoms with Crippen molar-refractivity contribution in [3.8, 4) is 0 Å². The summed E-state index contributed by atoms with van der Waals surface area (Å²) in [6.45, 7) is 1.21. The number of ether oxygens (including phenoxy) is 2. The average Bonchev–Trinajstić information content (AvgIpc) is 2.86. The van der Waals surface area contributed by atoms with Crippen LogP contribution in [0.15, 0.2) is 91.0 Å². The number of carbonyl (C=O) groups excluding carboxylic acids is 2. The van der Waals surface area contributed by atoms with Crippen molar-refractivity contribution in [3.63, 3.8) is 0 Å². The molecule has 6 nitrogen and oxygen atoms in total. The van der Waals surface area contributed by atoms with E-state index < -0.39 is 30.3 Å². The Labute approximate surface area is 188 Å². The highest BCUT2D eigenvalue weighted by Gasteiger charge is 2.49. The van der Waals surface area contributed by atoms with Gasteiger partial charge in [0.25, 0.3) is 0 Å². The van der Waals surface area contributed by atoms with Crippen LogP contribution in [0.3, 0.4) is 0 Å². The minimum absolute atomic E-state index is 0.0230. The molecule has 0 fully saturated rings. The Kier molecular flexibility index (Phi) is 7.63. The normalized spacial score (nSPS) is 13.5. The summed E-state index contributed by atoms with van der Waals surface area (Å²) in [5.41, 5.74) is 0.462. The number of methoxy groups -OCH3 is 1.